The second kappa shape index (κ2) is 14.7. The maximum atomic E-state index is 2.51. The minimum atomic E-state index is -0.141. The Hall–Kier alpha value is -6.96. The minimum Gasteiger partial charge on any atom is -0.310 e. The quantitative estimate of drug-likeness (QED) is 0.156. The van der Waals surface area contributed by atoms with E-state index in [1.54, 1.807) is 0 Å². The lowest BCUT2D eigenvalue weighted by Gasteiger charge is -2.32. The fraction of sp³-hybridized carbons (Fsp3) is 0.119. The molecule has 0 aromatic heterocycles. The first-order valence-corrected chi connectivity index (χ1v) is 21.2. The second-order valence-electron chi connectivity index (χ2n) is 17.8. The van der Waals surface area contributed by atoms with Crippen molar-refractivity contribution < 1.29 is 0 Å². The molecule has 10 rings (SSSR count). The van der Waals surface area contributed by atoms with Gasteiger partial charge in [0.15, 0.2) is 0 Å². The van der Waals surface area contributed by atoms with E-state index in [1.807, 2.05) is 0 Å². The molecule has 0 amide bonds. The molecule has 290 valence electrons. The third-order valence-corrected chi connectivity index (χ3v) is 12.6. The first-order valence-electron chi connectivity index (χ1n) is 21.2. The fourth-order valence-electron chi connectivity index (χ4n) is 9.62. The standard InChI is InChI=1S/C59H49N/c1-58(2,3)53-29-16-14-26-50(53)52-37-43-23-12-13-24-44(43)38-56(52)60(46-35-36-51-49-25-15-17-30-54(49)59(4,5)55(51)39-46)45-33-31-42(32-34-45)57-47(40-19-8-6-9-20-40)27-18-28-48(57)41-21-10-7-11-22-41/h6-39H,1-5H3. The van der Waals surface area contributed by atoms with E-state index in [0.717, 1.165) is 17.1 Å². The van der Waals surface area contributed by atoms with E-state index in [4.69, 9.17) is 0 Å². The molecule has 0 radical (unpaired) electrons. The monoisotopic (exact) mass is 771 g/mol. The van der Waals surface area contributed by atoms with E-state index in [0.29, 0.717) is 0 Å². The summed E-state index contributed by atoms with van der Waals surface area (Å²) in [6.45, 7) is 11.7. The van der Waals surface area contributed by atoms with Gasteiger partial charge in [0.05, 0.1) is 5.69 Å². The number of anilines is 3. The molecule has 0 saturated carbocycles. The van der Waals surface area contributed by atoms with E-state index in [2.05, 4.69) is 246 Å². The van der Waals surface area contributed by atoms with Gasteiger partial charge in [0.25, 0.3) is 0 Å². The van der Waals surface area contributed by atoms with Crippen LogP contribution in [0.3, 0.4) is 0 Å². The Morgan fingerprint density at radius 2 is 0.883 bits per heavy atom. The van der Waals surface area contributed by atoms with Gasteiger partial charge in [0, 0.05) is 22.4 Å². The van der Waals surface area contributed by atoms with E-state index in [-0.39, 0.29) is 10.8 Å². The summed E-state index contributed by atoms with van der Waals surface area (Å²) < 4.78 is 0. The Labute approximate surface area is 355 Å². The zero-order valence-corrected chi connectivity index (χ0v) is 35.1. The summed E-state index contributed by atoms with van der Waals surface area (Å²) in [6, 6.07) is 76.2. The molecule has 0 aliphatic heterocycles. The SMILES string of the molecule is CC(C)(C)c1ccccc1-c1cc2ccccc2cc1N(c1ccc(-c2c(-c3ccccc3)cccc2-c2ccccc2)cc1)c1ccc2c(c1)C(C)(C)c1ccccc1-2. The highest BCUT2D eigenvalue weighted by atomic mass is 15.1. The Balaban J connectivity index is 1.22. The summed E-state index contributed by atoms with van der Waals surface area (Å²) in [6.07, 6.45) is 0. The Morgan fingerprint density at radius 3 is 1.53 bits per heavy atom. The average molecular weight is 772 g/mol. The molecule has 0 spiro atoms. The zero-order valence-electron chi connectivity index (χ0n) is 35.1. The van der Waals surface area contributed by atoms with Crippen molar-refractivity contribution in [1.82, 2.24) is 0 Å². The summed E-state index contributed by atoms with van der Waals surface area (Å²) in [7, 11) is 0. The number of rotatable bonds is 7. The molecule has 0 atom stereocenters. The molecule has 0 heterocycles. The van der Waals surface area contributed by atoms with Crippen molar-refractivity contribution in [1.29, 1.82) is 0 Å². The molecular weight excluding hydrogens is 723 g/mol. The van der Waals surface area contributed by atoms with Crippen molar-refractivity contribution in [3.63, 3.8) is 0 Å². The highest BCUT2D eigenvalue weighted by molar-refractivity contribution is 6.00. The summed E-state index contributed by atoms with van der Waals surface area (Å²) in [5.74, 6) is 0. The first-order chi connectivity index (χ1) is 29.2. The van der Waals surface area contributed by atoms with E-state index < -0.39 is 0 Å². The van der Waals surface area contributed by atoms with Gasteiger partial charge in [-0.3, -0.25) is 0 Å². The number of hydrogen-bond donors (Lipinski definition) is 0. The van der Waals surface area contributed by atoms with Crippen LogP contribution in [0.1, 0.15) is 51.3 Å². The Bertz CT molecular complexity index is 2960. The van der Waals surface area contributed by atoms with Crippen molar-refractivity contribution in [2.75, 3.05) is 4.90 Å². The van der Waals surface area contributed by atoms with Gasteiger partial charge in [-0.1, -0.05) is 204 Å². The fourth-order valence-corrected chi connectivity index (χ4v) is 9.62. The summed E-state index contributed by atoms with van der Waals surface area (Å²) in [4.78, 5) is 2.51. The van der Waals surface area contributed by atoms with Gasteiger partial charge in [-0.2, -0.15) is 0 Å². The van der Waals surface area contributed by atoms with Crippen LogP contribution in [0.4, 0.5) is 17.1 Å². The van der Waals surface area contributed by atoms with Gasteiger partial charge in [0.2, 0.25) is 0 Å². The third kappa shape index (κ3) is 6.42. The van der Waals surface area contributed by atoms with Gasteiger partial charge >= 0.3 is 0 Å². The molecule has 0 unspecified atom stereocenters. The number of nitrogens with zero attached hydrogens (tertiary/aromatic N) is 1. The molecular formula is C59H49N. The smallest absolute Gasteiger partial charge is 0.0546 e. The van der Waals surface area contributed by atoms with Crippen LogP contribution in [0.2, 0.25) is 0 Å². The van der Waals surface area contributed by atoms with Crippen molar-refractivity contribution in [3.05, 3.63) is 223 Å². The zero-order chi connectivity index (χ0) is 41.0. The van der Waals surface area contributed by atoms with Crippen LogP contribution in [0.15, 0.2) is 206 Å². The lowest BCUT2D eigenvalue weighted by Crippen LogP contribution is -2.17. The molecule has 1 aliphatic carbocycles. The Kier molecular flexibility index (Phi) is 9.14. The predicted molar refractivity (Wildman–Crippen MR) is 257 cm³/mol. The summed E-state index contributed by atoms with van der Waals surface area (Å²) >= 11 is 0. The molecule has 60 heavy (non-hydrogen) atoms. The molecule has 0 saturated heterocycles. The maximum Gasteiger partial charge on any atom is 0.0546 e. The average Bonchev–Trinajstić information content (AvgIpc) is 3.51. The molecule has 1 heteroatoms. The summed E-state index contributed by atoms with van der Waals surface area (Å²) in [5, 5.41) is 2.44. The molecule has 0 bridgehead atoms. The predicted octanol–water partition coefficient (Wildman–Crippen LogP) is 16.6. The number of benzene rings is 9. The van der Waals surface area contributed by atoms with Crippen molar-refractivity contribution >= 4 is 27.8 Å². The first kappa shape index (κ1) is 37.3. The summed E-state index contributed by atoms with van der Waals surface area (Å²) in [5.41, 5.74) is 19.6. The highest BCUT2D eigenvalue weighted by Gasteiger charge is 2.36. The van der Waals surface area contributed by atoms with Crippen molar-refractivity contribution in [2.45, 2.75) is 45.4 Å². The number of fused-ring (bicyclic) bond motifs is 4. The van der Waals surface area contributed by atoms with Crippen LogP contribution < -0.4 is 4.90 Å². The van der Waals surface area contributed by atoms with E-state index in [1.165, 1.54) is 83.1 Å². The van der Waals surface area contributed by atoms with Crippen LogP contribution in [0.5, 0.6) is 0 Å². The lowest BCUT2D eigenvalue weighted by molar-refractivity contribution is 0.592. The molecule has 1 aliphatic rings. The third-order valence-electron chi connectivity index (χ3n) is 12.6. The van der Waals surface area contributed by atoms with E-state index >= 15 is 0 Å². The molecule has 0 fully saturated rings. The molecule has 9 aromatic rings. The normalized spacial score (nSPS) is 12.9. The highest BCUT2D eigenvalue weighted by Crippen LogP contribution is 2.52. The van der Waals surface area contributed by atoms with Gasteiger partial charge in [-0.25, -0.2) is 0 Å². The van der Waals surface area contributed by atoms with Gasteiger partial charge in [-0.05, 0) is 119 Å². The Morgan fingerprint density at radius 1 is 0.367 bits per heavy atom. The van der Waals surface area contributed by atoms with E-state index in [9.17, 15) is 0 Å². The minimum absolute atomic E-state index is 0.0576. The second-order valence-corrected chi connectivity index (χ2v) is 17.8. The van der Waals surface area contributed by atoms with Crippen LogP contribution >= 0.6 is 0 Å². The van der Waals surface area contributed by atoms with Crippen LogP contribution in [-0.2, 0) is 10.8 Å². The topological polar surface area (TPSA) is 3.24 Å². The molecule has 1 nitrogen and oxygen atoms in total. The maximum absolute atomic E-state index is 2.51. The number of hydrogen-bond acceptors (Lipinski definition) is 1. The van der Waals surface area contributed by atoms with Crippen molar-refractivity contribution in [2.24, 2.45) is 0 Å². The van der Waals surface area contributed by atoms with Gasteiger partial charge < -0.3 is 4.90 Å². The van der Waals surface area contributed by atoms with Gasteiger partial charge in [0.1, 0.15) is 0 Å². The van der Waals surface area contributed by atoms with Crippen LogP contribution in [-0.4, -0.2) is 0 Å². The van der Waals surface area contributed by atoms with Crippen LogP contribution in [0.25, 0.3) is 66.4 Å². The lowest BCUT2D eigenvalue weighted by atomic mass is 9.81. The molecule has 9 aromatic carbocycles. The van der Waals surface area contributed by atoms with Gasteiger partial charge in [-0.15, -0.1) is 0 Å². The largest absolute Gasteiger partial charge is 0.310 e. The van der Waals surface area contributed by atoms with Crippen LogP contribution in [0, 0.1) is 0 Å². The van der Waals surface area contributed by atoms with Crippen molar-refractivity contribution in [3.8, 4) is 55.6 Å². The molecule has 0 N–H and O–H groups in total.